The Morgan fingerprint density at radius 2 is 1.36 bits per heavy atom. The molecule has 0 nitrogen and oxygen atoms in total. The molecular formula is C6H4Br4Se. The van der Waals surface area contributed by atoms with Crippen molar-refractivity contribution >= 4 is 70.1 Å². The first-order valence-corrected chi connectivity index (χ1v) is 16.4. The van der Waals surface area contributed by atoms with Gasteiger partial charge in [-0.05, 0) is 0 Å². The molecule has 62 valence electrons. The van der Waals surface area contributed by atoms with Crippen molar-refractivity contribution in [1.29, 1.82) is 0 Å². The monoisotopic (exact) mass is 472 g/mol. The normalized spacial score (nSPS) is 13.1. The van der Waals surface area contributed by atoms with E-state index in [9.17, 15) is 0 Å². The van der Waals surface area contributed by atoms with E-state index in [2.05, 4.69) is 70.4 Å². The van der Waals surface area contributed by atoms with Crippen LogP contribution in [0.15, 0.2) is 28.7 Å². The molecule has 0 fully saturated rings. The van der Waals surface area contributed by atoms with Crippen molar-refractivity contribution in [3.8, 4) is 0 Å². The predicted octanol–water partition coefficient (Wildman–Crippen LogP) is 3.78. The minimum absolute atomic E-state index is 1.11. The van der Waals surface area contributed by atoms with Gasteiger partial charge < -0.3 is 0 Å². The van der Waals surface area contributed by atoms with E-state index in [1.165, 1.54) is 4.46 Å². The zero-order valence-electron chi connectivity index (χ0n) is 5.23. The predicted molar refractivity (Wildman–Crippen MR) is 66.3 cm³/mol. The van der Waals surface area contributed by atoms with Gasteiger partial charge in [0, 0.05) is 0 Å². The third kappa shape index (κ3) is 3.49. The summed E-state index contributed by atoms with van der Waals surface area (Å²) < 4.78 is 2.39. The average Bonchev–Trinajstić information content (AvgIpc) is 1.86. The van der Waals surface area contributed by atoms with Crippen LogP contribution in [0.2, 0.25) is 0 Å². The first-order valence-electron chi connectivity index (χ1n) is 2.68. The second-order valence-corrected chi connectivity index (χ2v) is 34.2. The van der Waals surface area contributed by atoms with Gasteiger partial charge in [0.05, 0.1) is 0 Å². The van der Waals surface area contributed by atoms with Gasteiger partial charge in [-0.15, -0.1) is 0 Å². The van der Waals surface area contributed by atoms with Crippen molar-refractivity contribution in [1.82, 2.24) is 0 Å². The quantitative estimate of drug-likeness (QED) is 0.544. The molecule has 0 saturated heterocycles. The van der Waals surface area contributed by atoms with Crippen LogP contribution in [0.5, 0.6) is 0 Å². The zero-order chi connectivity index (χ0) is 8.48. The van der Waals surface area contributed by atoms with Gasteiger partial charge >= 0.3 is 98.9 Å². The Labute approximate surface area is 97.6 Å². The molecule has 1 aromatic rings. The molecule has 0 amide bonds. The SMILES string of the molecule is Brc1ccc([Se](Br)(Br)Br)cc1. The Kier molecular flexibility index (Phi) is 4.15. The van der Waals surface area contributed by atoms with E-state index in [1.54, 1.807) is 0 Å². The van der Waals surface area contributed by atoms with Gasteiger partial charge in [0.15, 0.2) is 0 Å². The second-order valence-electron chi connectivity index (χ2n) is 1.86. The maximum atomic E-state index is 3.59. The van der Waals surface area contributed by atoms with Crippen molar-refractivity contribution < 1.29 is 0 Å². The van der Waals surface area contributed by atoms with Gasteiger partial charge in [0.25, 0.3) is 0 Å². The van der Waals surface area contributed by atoms with E-state index >= 15 is 0 Å². The second kappa shape index (κ2) is 4.25. The molecule has 0 atom stereocenters. The van der Waals surface area contributed by atoms with E-state index in [0.717, 1.165) is 4.47 Å². The Morgan fingerprint density at radius 1 is 0.909 bits per heavy atom. The van der Waals surface area contributed by atoms with E-state index < -0.39 is 7.42 Å². The Balaban J connectivity index is 2.99. The molecule has 5 heteroatoms. The number of benzene rings is 1. The van der Waals surface area contributed by atoms with Gasteiger partial charge in [0.1, 0.15) is 0 Å². The van der Waals surface area contributed by atoms with Crippen LogP contribution < -0.4 is 4.46 Å². The fraction of sp³-hybridized carbons (Fsp3) is 0. The molecule has 11 heavy (non-hydrogen) atoms. The summed E-state index contributed by atoms with van der Waals surface area (Å²) >= 11 is 14.1. The summed E-state index contributed by atoms with van der Waals surface area (Å²) in [5.74, 6) is 0. The topological polar surface area (TPSA) is 0 Å². The van der Waals surface area contributed by atoms with Gasteiger partial charge in [-0.3, -0.25) is 0 Å². The third-order valence-electron chi connectivity index (χ3n) is 1.08. The minimum atomic E-state index is -1.81. The van der Waals surface area contributed by atoms with E-state index in [4.69, 9.17) is 0 Å². The molecule has 0 spiro atoms. The molecule has 0 N–H and O–H groups in total. The molecule has 0 heterocycles. The van der Waals surface area contributed by atoms with E-state index in [0.29, 0.717) is 0 Å². The molecule has 1 rings (SSSR count). The summed E-state index contributed by atoms with van der Waals surface area (Å²) in [5, 5.41) is 0. The van der Waals surface area contributed by atoms with Gasteiger partial charge in [-0.1, -0.05) is 0 Å². The summed E-state index contributed by atoms with van der Waals surface area (Å²) in [7, 11) is -1.81. The first-order chi connectivity index (χ1) is 5.00. The number of halogens is 4. The van der Waals surface area contributed by atoms with Crippen LogP contribution in [0, 0.1) is 0 Å². The first kappa shape index (κ1) is 10.7. The fourth-order valence-corrected chi connectivity index (χ4v) is 5.15. The van der Waals surface area contributed by atoms with Crippen molar-refractivity contribution in [2.75, 3.05) is 0 Å². The Hall–Kier alpha value is 1.66. The molecule has 0 bridgehead atoms. The molecule has 0 unspecified atom stereocenters. The molecule has 0 radical (unpaired) electrons. The summed E-state index contributed by atoms with van der Waals surface area (Å²) in [6.07, 6.45) is 0. The number of hydrogen-bond donors (Lipinski definition) is 0. The van der Waals surface area contributed by atoms with Gasteiger partial charge in [-0.2, -0.15) is 0 Å². The standard InChI is InChI=1S/C6H4Br4Se/c7-5-1-3-6(4-2-5)11(8,9)10/h1-4H. The van der Waals surface area contributed by atoms with E-state index in [1.807, 2.05) is 12.1 Å². The number of hydrogen-bond acceptors (Lipinski definition) is 0. The van der Waals surface area contributed by atoms with Crippen LogP contribution in [-0.2, 0) is 0 Å². The van der Waals surface area contributed by atoms with Gasteiger partial charge in [0.2, 0.25) is 0 Å². The van der Waals surface area contributed by atoms with Crippen LogP contribution in [0.1, 0.15) is 0 Å². The molecular weight excluding hydrogens is 471 g/mol. The third-order valence-corrected chi connectivity index (χ3v) is 9.13. The molecule has 0 aliphatic carbocycles. The summed E-state index contributed by atoms with van der Waals surface area (Å²) in [4.78, 5) is 0. The van der Waals surface area contributed by atoms with Gasteiger partial charge in [-0.25, -0.2) is 0 Å². The number of rotatable bonds is 1. The molecule has 0 aliphatic heterocycles. The van der Waals surface area contributed by atoms with Crippen LogP contribution in [0.3, 0.4) is 0 Å². The van der Waals surface area contributed by atoms with Crippen molar-refractivity contribution in [2.24, 2.45) is 0 Å². The van der Waals surface area contributed by atoms with Crippen molar-refractivity contribution in [2.45, 2.75) is 0 Å². The van der Waals surface area contributed by atoms with E-state index in [-0.39, 0.29) is 0 Å². The van der Waals surface area contributed by atoms with Crippen LogP contribution in [0.25, 0.3) is 0 Å². The molecule has 1 aromatic carbocycles. The Bertz CT molecular complexity index is 238. The van der Waals surface area contributed by atoms with Crippen LogP contribution in [-0.4, -0.2) is 7.42 Å². The van der Waals surface area contributed by atoms with Crippen molar-refractivity contribution in [3.05, 3.63) is 28.7 Å². The molecule has 0 aliphatic rings. The summed E-state index contributed by atoms with van der Waals surface area (Å²) in [5.41, 5.74) is 0. The van der Waals surface area contributed by atoms with Crippen LogP contribution >= 0.6 is 58.3 Å². The summed E-state index contributed by atoms with van der Waals surface area (Å²) in [6, 6.07) is 8.24. The zero-order valence-corrected chi connectivity index (χ0v) is 13.3. The maximum absolute atomic E-state index is 3.59. The summed E-state index contributed by atoms with van der Waals surface area (Å²) in [6.45, 7) is 0. The van der Waals surface area contributed by atoms with Crippen LogP contribution in [0.4, 0.5) is 0 Å². The molecule has 0 saturated carbocycles. The van der Waals surface area contributed by atoms with Crippen molar-refractivity contribution in [3.63, 3.8) is 0 Å². The molecule has 0 aromatic heterocycles. The Morgan fingerprint density at radius 3 is 1.73 bits per heavy atom. The fourth-order valence-electron chi connectivity index (χ4n) is 0.589. The average molecular weight is 475 g/mol.